The predicted molar refractivity (Wildman–Crippen MR) is 362 cm³/mol. The molecule has 5 amide bonds. The van der Waals surface area contributed by atoms with Crippen molar-refractivity contribution in [2.24, 2.45) is 0 Å². The van der Waals surface area contributed by atoms with E-state index in [1.165, 1.54) is 21.5 Å². The number of unbranched alkanes of at least 4 members (excludes halogenated alkanes) is 1. The van der Waals surface area contributed by atoms with Gasteiger partial charge in [0.05, 0.1) is 13.1 Å². The van der Waals surface area contributed by atoms with Crippen molar-refractivity contribution in [3.8, 4) is 0 Å². The third kappa shape index (κ3) is 39.3. The van der Waals surface area contributed by atoms with Gasteiger partial charge in [0.15, 0.2) is 0 Å². The van der Waals surface area contributed by atoms with Gasteiger partial charge in [-0.2, -0.15) is 0 Å². The van der Waals surface area contributed by atoms with E-state index in [4.69, 9.17) is 37.9 Å². The smallest absolute Gasteiger partial charge is 0.329 e. The maximum atomic E-state index is 14.2. The average molecular weight is 1400 g/mol. The molecule has 99 heavy (non-hydrogen) atoms. The van der Waals surface area contributed by atoms with E-state index >= 15 is 0 Å². The van der Waals surface area contributed by atoms with Crippen LogP contribution >= 0.6 is 0 Å². The number of imidazole rings is 2. The molecule has 0 aromatic carbocycles. The lowest BCUT2D eigenvalue weighted by Gasteiger charge is -2.28. The molecule has 0 radical (unpaired) electrons. The fourth-order valence-corrected chi connectivity index (χ4v) is 9.06. The number of amides is 5. The second-order valence-electron chi connectivity index (χ2n) is 32.1. The minimum atomic E-state index is -1.48. The summed E-state index contributed by atoms with van der Waals surface area (Å²) in [6, 6.07) is -5.11. The standard InChI is InChI=1S/C69H114N10O20/c1-62(2,3)92-53(83)31-29-47(60(90)99-69(22,23)24)74-61(91)73-46(59(89)98-68(19,20)21)28-30-50(80)72-45(58(88)97-67(16,17)18)27-25-26-34-75(37-48-70-32-35-76(48)39-51(81)78(41-54(84)93-63(4,5)6)42-55(85)94-64(7,8)9)38-49-71-33-36-77(49)40-52(82)79(43-56(86)95-65(10,11)12)44-57(87)96-66(13,14)15/h32-33,35-36,45-47H,25-31,34,37-44H2,1-24H3,(H,72,80)(H2,73,74,91)/t45-,46+,47+/m0/s1. The summed E-state index contributed by atoms with van der Waals surface area (Å²) in [5, 5.41) is 7.74. The van der Waals surface area contributed by atoms with Crippen LogP contribution in [0.2, 0.25) is 0 Å². The Morgan fingerprint density at radius 1 is 0.384 bits per heavy atom. The lowest BCUT2D eigenvalue weighted by atomic mass is 10.1. The first kappa shape index (κ1) is 86.9. The van der Waals surface area contributed by atoms with Crippen LogP contribution in [0.5, 0.6) is 0 Å². The molecule has 0 aliphatic carbocycles. The number of nitrogens with one attached hydrogen (secondary N) is 3. The van der Waals surface area contributed by atoms with E-state index < -0.39 is 180 Å². The molecule has 0 saturated carbocycles. The van der Waals surface area contributed by atoms with Gasteiger partial charge in [-0.25, -0.2) is 29.1 Å². The van der Waals surface area contributed by atoms with Gasteiger partial charge in [-0.15, -0.1) is 0 Å². The summed E-state index contributed by atoms with van der Waals surface area (Å²) in [6.45, 7) is 36.8. The van der Waals surface area contributed by atoms with E-state index in [0.29, 0.717) is 18.1 Å². The number of carbonyl (C=O) groups is 12. The van der Waals surface area contributed by atoms with Gasteiger partial charge >= 0.3 is 53.8 Å². The molecule has 2 rings (SSSR count). The number of rotatable bonds is 33. The Labute approximate surface area is 584 Å². The Balaban J connectivity index is 2.61. The highest BCUT2D eigenvalue weighted by molar-refractivity contribution is 5.90. The molecule has 3 N–H and O–H groups in total. The molecule has 2 aromatic rings. The summed E-state index contributed by atoms with van der Waals surface area (Å²) in [6.07, 6.45) is 5.31. The number of aromatic nitrogens is 4. The maximum absolute atomic E-state index is 14.2. The molecular weight excluding hydrogens is 1290 g/mol. The monoisotopic (exact) mass is 1400 g/mol. The van der Waals surface area contributed by atoms with Crippen LogP contribution in [-0.2, 0) is 117 Å². The topological polar surface area (TPSA) is 360 Å². The van der Waals surface area contributed by atoms with Crippen molar-refractivity contribution < 1.29 is 95.4 Å². The van der Waals surface area contributed by atoms with Crippen molar-refractivity contribution >= 4 is 71.5 Å². The highest BCUT2D eigenvalue weighted by Gasteiger charge is 2.35. The minimum Gasteiger partial charge on any atom is -0.460 e. The normalized spacial score (nSPS) is 13.3. The second kappa shape index (κ2) is 36.8. The number of esters is 8. The summed E-state index contributed by atoms with van der Waals surface area (Å²) < 4.78 is 47.4. The van der Waals surface area contributed by atoms with Gasteiger partial charge in [0, 0.05) is 37.6 Å². The molecule has 0 saturated heterocycles. The van der Waals surface area contributed by atoms with E-state index in [2.05, 4.69) is 25.9 Å². The first-order valence-electron chi connectivity index (χ1n) is 33.3. The second-order valence-corrected chi connectivity index (χ2v) is 32.1. The van der Waals surface area contributed by atoms with Gasteiger partial charge in [0.1, 0.15) is 114 Å². The Morgan fingerprint density at radius 2 is 0.677 bits per heavy atom. The number of hydrogen-bond acceptors (Lipinski definition) is 23. The summed E-state index contributed by atoms with van der Waals surface area (Å²) in [5.41, 5.74) is -7.49. The van der Waals surface area contributed by atoms with E-state index in [9.17, 15) is 57.5 Å². The molecule has 0 unspecified atom stereocenters. The largest absolute Gasteiger partial charge is 0.460 e. The quantitative estimate of drug-likeness (QED) is 0.0379. The van der Waals surface area contributed by atoms with Crippen molar-refractivity contribution in [1.29, 1.82) is 0 Å². The van der Waals surface area contributed by atoms with E-state index in [-0.39, 0.29) is 51.7 Å². The van der Waals surface area contributed by atoms with Crippen LogP contribution in [0.25, 0.3) is 0 Å². The maximum Gasteiger partial charge on any atom is 0.329 e. The van der Waals surface area contributed by atoms with Crippen molar-refractivity contribution in [2.45, 2.75) is 300 Å². The zero-order valence-electron chi connectivity index (χ0n) is 63.2. The van der Waals surface area contributed by atoms with Crippen molar-refractivity contribution in [2.75, 3.05) is 32.7 Å². The highest BCUT2D eigenvalue weighted by atomic mass is 16.6. The van der Waals surface area contributed by atoms with Crippen LogP contribution in [0.4, 0.5) is 4.79 Å². The molecule has 0 bridgehead atoms. The molecule has 0 aliphatic heterocycles. The summed E-state index contributed by atoms with van der Waals surface area (Å²) in [5.74, 6) is -7.56. The van der Waals surface area contributed by atoms with E-state index in [1.807, 2.05) is 4.90 Å². The van der Waals surface area contributed by atoms with Gasteiger partial charge < -0.3 is 72.8 Å². The molecule has 2 aromatic heterocycles. The Bertz CT molecular complexity index is 2900. The fraction of sp³-hybridized carbons (Fsp3) is 0.739. The van der Waals surface area contributed by atoms with Gasteiger partial charge in [-0.1, -0.05) is 0 Å². The highest BCUT2D eigenvalue weighted by Crippen LogP contribution is 2.20. The van der Waals surface area contributed by atoms with Crippen LogP contribution in [-0.4, -0.2) is 201 Å². The van der Waals surface area contributed by atoms with Gasteiger partial charge in [-0.05, 0) is 205 Å². The van der Waals surface area contributed by atoms with Gasteiger partial charge in [0.25, 0.3) is 0 Å². The SMILES string of the molecule is CC(C)(C)OC(=O)CC[C@@H](NC(=O)N[C@H](CCC(=O)N[C@@H](CCCCN(Cc1nccn1CC(=O)N(CC(=O)OC(C)(C)C)CC(=O)OC(C)(C)C)Cc1nccn1CC(=O)N(CC(=O)OC(C)(C)C)CC(=O)OC(C)(C)C)C(=O)OC(C)(C)C)C(=O)OC(C)(C)C)C(=O)OC(C)(C)C. The number of ether oxygens (including phenoxy) is 8. The van der Waals surface area contributed by atoms with Crippen LogP contribution in [0, 0.1) is 0 Å². The van der Waals surface area contributed by atoms with Crippen LogP contribution in [0.15, 0.2) is 24.8 Å². The molecule has 3 atom stereocenters. The molecule has 0 fully saturated rings. The molecule has 0 spiro atoms. The van der Waals surface area contributed by atoms with E-state index in [0.717, 1.165) is 9.80 Å². The molecule has 560 valence electrons. The third-order valence-corrected chi connectivity index (χ3v) is 12.6. The van der Waals surface area contributed by atoms with Gasteiger partial charge in [0.2, 0.25) is 17.7 Å². The zero-order valence-corrected chi connectivity index (χ0v) is 63.2. The summed E-state index contributed by atoms with van der Waals surface area (Å²) in [4.78, 5) is 176. The minimum absolute atomic E-state index is 0.00742. The van der Waals surface area contributed by atoms with E-state index in [1.54, 1.807) is 179 Å². The molecule has 0 aliphatic rings. The Kier molecular flexibility index (Phi) is 32.3. The lowest BCUT2D eigenvalue weighted by molar-refractivity contribution is -0.165. The first-order valence-corrected chi connectivity index (χ1v) is 33.3. The van der Waals surface area contributed by atoms with Gasteiger partial charge in [-0.3, -0.25) is 43.3 Å². The third-order valence-electron chi connectivity index (χ3n) is 12.6. The molecule has 30 heteroatoms. The molecular formula is C69H114N10O20. The van der Waals surface area contributed by atoms with Crippen LogP contribution in [0.3, 0.4) is 0 Å². The average Bonchev–Trinajstić information content (AvgIpc) is 1.76. The fourth-order valence-electron chi connectivity index (χ4n) is 9.06. The Morgan fingerprint density at radius 3 is 0.990 bits per heavy atom. The summed E-state index contributed by atoms with van der Waals surface area (Å²) in [7, 11) is 0. The number of hydrogen-bond donors (Lipinski definition) is 3. The Hall–Kier alpha value is -8.18. The zero-order chi connectivity index (χ0) is 76.0. The first-order chi connectivity index (χ1) is 44.9. The van der Waals surface area contributed by atoms with Crippen molar-refractivity contribution in [3.05, 3.63) is 36.4 Å². The molecule has 2 heterocycles. The summed E-state index contributed by atoms with van der Waals surface area (Å²) >= 11 is 0. The van der Waals surface area contributed by atoms with Crippen molar-refractivity contribution in [3.63, 3.8) is 0 Å². The van der Waals surface area contributed by atoms with Crippen LogP contribution < -0.4 is 16.0 Å². The molecule has 30 nitrogen and oxygen atoms in total. The number of urea groups is 1. The number of nitrogens with zero attached hydrogens (tertiary/aromatic N) is 7. The predicted octanol–water partition coefficient (Wildman–Crippen LogP) is 6.72. The number of carbonyl (C=O) groups excluding carboxylic acids is 12. The van der Waals surface area contributed by atoms with Crippen LogP contribution in [0.1, 0.15) is 223 Å². The lowest BCUT2D eigenvalue weighted by Crippen LogP contribution is -2.53. The van der Waals surface area contributed by atoms with Crippen molar-refractivity contribution in [1.82, 2.24) is 49.8 Å².